The van der Waals surface area contributed by atoms with Crippen LogP contribution in [0.5, 0.6) is 5.75 Å². The van der Waals surface area contributed by atoms with Crippen molar-refractivity contribution in [2.45, 2.75) is 25.8 Å². The van der Waals surface area contributed by atoms with Crippen LogP contribution in [-0.2, 0) is 6.54 Å². The van der Waals surface area contributed by atoms with Crippen LogP contribution < -0.4 is 4.74 Å². The maximum absolute atomic E-state index is 5.48. The summed E-state index contributed by atoms with van der Waals surface area (Å²) in [6, 6.07) is 13.7. The van der Waals surface area contributed by atoms with Gasteiger partial charge >= 0.3 is 0 Å². The summed E-state index contributed by atoms with van der Waals surface area (Å²) in [7, 11) is 1.64. The number of hydrogen-bond acceptors (Lipinski definition) is 6. The Bertz CT molecular complexity index is 1140. The molecular weight excluding hydrogens is 378 g/mol. The molecule has 2 aromatic heterocycles. The second-order valence-electron chi connectivity index (χ2n) is 7.70. The third-order valence-corrected chi connectivity index (χ3v) is 5.73. The van der Waals surface area contributed by atoms with Crippen molar-refractivity contribution in [3.8, 4) is 28.6 Å². The zero-order valence-electron chi connectivity index (χ0n) is 17.1. The summed E-state index contributed by atoms with van der Waals surface area (Å²) in [6.45, 7) is 4.45. The van der Waals surface area contributed by atoms with Gasteiger partial charge in [-0.3, -0.25) is 0 Å². The van der Waals surface area contributed by atoms with Crippen LogP contribution in [0.15, 0.2) is 53.3 Å². The quantitative estimate of drug-likeness (QED) is 0.479. The SMILES string of the molecule is COc1cccc(-c2nc(-c3ccc4c(c3)ncn4CCN3CCCCC3)no2)c1. The van der Waals surface area contributed by atoms with Gasteiger partial charge in [0.25, 0.3) is 5.89 Å². The first-order chi connectivity index (χ1) is 14.8. The summed E-state index contributed by atoms with van der Waals surface area (Å²) in [5, 5.41) is 4.16. The molecule has 0 spiro atoms. The summed E-state index contributed by atoms with van der Waals surface area (Å²) in [5.41, 5.74) is 3.80. The van der Waals surface area contributed by atoms with Gasteiger partial charge in [-0.05, 0) is 62.3 Å². The van der Waals surface area contributed by atoms with Gasteiger partial charge in [0.15, 0.2) is 0 Å². The standard InChI is InChI=1S/C23H25N5O2/c1-29-19-7-5-6-18(14-19)23-25-22(26-30-23)17-8-9-21-20(15-17)24-16-28(21)13-12-27-10-3-2-4-11-27/h5-9,14-16H,2-4,10-13H2,1H3. The van der Waals surface area contributed by atoms with Crippen LogP contribution in [0.1, 0.15) is 19.3 Å². The normalized spacial score (nSPS) is 15.0. The van der Waals surface area contributed by atoms with E-state index in [0.29, 0.717) is 11.7 Å². The highest BCUT2D eigenvalue weighted by Crippen LogP contribution is 2.26. The predicted molar refractivity (Wildman–Crippen MR) is 115 cm³/mol. The third-order valence-electron chi connectivity index (χ3n) is 5.73. The minimum Gasteiger partial charge on any atom is -0.497 e. The molecule has 5 rings (SSSR count). The Morgan fingerprint density at radius 1 is 1.00 bits per heavy atom. The molecule has 0 atom stereocenters. The number of methoxy groups -OCH3 is 1. The van der Waals surface area contributed by atoms with Crippen LogP contribution in [0, 0.1) is 0 Å². The number of rotatable bonds is 6. The first-order valence-corrected chi connectivity index (χ1v) is 10.5. The molecule has 0 saturated carbocycles. The number of piperidine rings is 1. The molecule has 7 nitrogen and oxygen atoms in total. The molecule has 0 N–H and O–H groups in total. The van der Waals surface area contributed by atoms with Gasteiger partial charge in [-0.1, -0.05) is 17.6 Å². The van der Waals surface area contributed by atoms with Crippen molar-refractivity contribution >= 4 is 11.0 Å². The van der Waals surface area contributed by atoms with E-state index in [1.165, 1.54) is 32.4 Å². The smallest absolute Gasteiger partial charge is 0.258 e. The largest absolute Gasteiger partial charge is 0.497 e. The molecule has 1 aliphatic heterocycles. The molecule has 0 amide bonds. The lowest BCUT2D eigenvalue weighted by Crippen LogP contribution is -2.32. The van der Waals surface area contributed by atoms with E-state index in [1.54, 1.807) is 7.11 Å². The highest BCUT2D eigenvalue weighted by Gasteiger charge is 2.14. The molecule has 3 heterocycles. The topological polar surface area (TPSA) is 69.2 Å². The molecular formula is C23H25N5O2. The van der Waals surface area contributed by atoms with Gasteiger partial charge in [-0.2, -0.15) is 4.98 Å². The fourth-order valence-electron chi connectivity index (χ4n) is 4.03. The summed E-state index contributed by atoms with van der Waals surface area (Å²) in [5.74, 6) is 1.78. The molecule has 2 aromatic carbocycles. The minimum atomic E-state index is 0.469. The fraction of sp³-hybridized carbons (Fsp3) is 0.348. The molecule has 0 unspecified atom stereocenters. The first-order valence-electron chi connectivity index (χ1n) is 10.5. The lowest BCUT2D eigenvalue weighted by molar-refractivity contribution is 0.221. The van der Waals surface area contributed by atoms with Crippen LogP contribution in [0.3, 0.4) is 0 Å². The van der Waals surface area contributed by atoms with Gasteiger partial charge in [-0.25, -0.2) is 4.98 Å². The average Bonchev–Trinajstić information content (AvgIpc) is 3.45. The van der Waals surface area contributed by atoms with Gasteiger partial charge in [0, 0.05) is 24.2 Å². The Kier molecular flexibility index (Phi) is 5.19. The number of fused-ring (bicyclic) bond motifs is 1. The van der Waals surface area contributed by atoms with E-state index in [9.17, 15) is 0 Å². The van der Waals surface area contributed by atoms with E-state index < -0.39 is 0 Å². The second kappa shape index (κ2) is 8.28. The van der Waals surface area contributed by atoms with Crippen molar-refractivity contribution in [1.82, 2.24) is 24.6 Å². The monoisotopic (exact) mass is 403 g/mol. The van der Waals surface area contributed by atoms with Crippen molar-refractivity contribution in [1.29, 1.82) is 0 Å². The van der Waals surface area contributed by atoms with Crippen molar-refractivity contribution in [3.05, 3.63) is 48.8 Å². The van der Waals surface area contributed by atoms with Crippen LogP contribution in [0.4, 0.5) is 0 Å². The predicted octanol–water partition coefficient (Wildman–Crippen LogP) is 4.25. The summed E-state index contributed by atoms with van der Waals surface area (Å²) < 4.78 is 13.0. The Balaban J connectivity index is 1.35. The lowest BCUT2D eigenvalue weighted by atomic mass is 10.1. The van der Waals surface area contributed by atoms with Crippen molar-refractivity contribution < 1.29 is 9.26 Å². The van der Waals surface area contributed by atoms with Crippen LogP contribution >= 0.6 is 0 Å². The van der Waals surface area contributed by atoms with E-state index in [1.807, 2.05) is 42.7 Å². The Hall–Kier alpha value is -3.19. The maximum Gasteiger partial charge on any atom is 0.258 e. The van der Waals surface area contributed by atoms with Crippen molar-refractivity contribution in [2.24, 2.45) is 0 Å². The number of benzene rings is 2. The molecule has 0 radical (unpaired) electrons. The molecule has 0 bridgehead atoms. The zero-order chi connectivity index (χ0) is 20.3. The molecule has 1 aliphatic rings. The number of imidazole rings is 1. The van der Waals surface area contributed by atoms with Crippen LogP contribution in [0.2, 0.25) is 0 Å². The Morgan fingerprint density at radius 2 is 1.90 bits per heavy atom. The minimum absolute atomic E-state index is 0.469. The van der Waals surface area contributed by atoms with Gasteiger partial charge < -0.3 is 18.7 Å². The molecule has 30 heavy (non-hydrogen) atoms. The molecule has 154 valence electrons. The number of aromatic nitrogens is 4. The molecule has 0 aliphatic carbocycles. The van der Waals surface area contributed by atoms with Gasteiger partial charge in [0.2, 0.25) is 5.82 Å². The summed E-state index contributed by atoms with van der Waals surface area (Å²) in [4.78, 5) is 11.7. The van der Waals surface area contributed by atoms with Gasteiger partial charge in [-0.15, -0.1) is 0 Å². The summed E-state index contributed by atoms with van der Waals surface area (Å²) in [6.07, 6.45) is 5.92. The van der Waals surface area contributed by atoms with E-state index in [2.05, 4.69) is 30.7 Å². The zero-order valence-corrected chi connectivity index (χ0v) is 17.1. The summed E-state index contributed by atoms with van der Waals surface area (Å²) >= 11 is 0. The highest BCUT2D eigenvalue weighted by atomic mass is 16.5. The Morgan fingerprint density at radius 3 is 2.77 bits per heavy atom. The number of likely N-dealkylation sites (tertiary alicyclic amines) is 1. The molecule has 4 aromatic rings. The fourth-order valence-corrected chi connectivity index (χ4v) is 4.03. The molecule has 1 fully saturated rings. The van der Waals surface area contributed by atoms with E-state index in [0.717, 1.165) is 41.0 Å². The lowest BCUT2D eigenvalue weighted by Gasteiger charge is -2.26. The van der Waals surface area contributed by atoms with E-state index in [4.69, 9.17) is 9.26 Å². The van der Waals surface area contributed by atoms with Crippen LogP contribution in [-0.4, -0.2) is 51.3 Å². The van der Waals surface area contributed by atoms with E-state index in [-0.39, 0.29) is 0 Å². The first kappa shape index (κ1) is 18.8. The van der Waals surface area contributed by atoms with Gasteiger partial charge in [0.05, 0.1) is 24.5 Å². The Labute approximate surface area is 175 Å². The average molecular weight is 403 g/mol. The second-order valence-corrected chi connectivity index (χ2v) is 7.70. The molecule has 1 saturated heterocycles. The van der Waals surface area contributed by atoms with E-state index >= 15 is 0 Å². The number of ether oxygens (including phenoxy) is 1. The highest BCUT2D eigenvalue weighted by molar-refractivity contribution is 5.80. The van der Waals surface area contributed by atoms with Gasteiger partial charge in [0.1, 0.15) is 5.75 Å². The maximum atomic E-state index is 5.48. The van der Waals surface area contributed by atoms with Crippen LogP contribution in [0.25, 0.3) is 33.9 Å². The third kappa shape index (κ3) is 3.80. The van der Waals surface area contributed by atoms with Crippen molar-refractivity contribution in [2.75, 3.05) is 26.7 Å². The molecule has 7 heteroatoms. The number of hydrogen-bond donors (Lipinski definition) is 0. The number of nitrogens with zero attached hydrogens (tertiary/aromatic N) is 5. The van der Waals surface area contributed by atoms with Crippen molar-refractivity contribution in [3.63, 3.8) is 0 Å².